The number of nitrogens with two attached hydrogens (primary N) is 2. The number of primary amides is 1. The number of nitrogens with one attached hydrogen (secondary N) is 1. The van der Waals surface area contributed by atoms with Crippen LogP contribution >= 0.6 is 11.3 Å². The summed E-state index contributed by atoms with van der Waals surface area (Å²) >= 11 is 1.01. The molecule has 1 amide bonds. The number of piperidine rings is 1. The van der Waals surface area contributed by atoms with Crippen molar-refractivity contribution in [1.82, 2.24) is 15.0 Å². The van der Waals surface area contributed by atoms with Gasteiger partial charge in [0.15, 0.2) is 0 Å². The first kappa shape index (κ1) is 20.5. The van der Waals surface area contributed by atoms with Gasteiger partial charge in [-0.3, -0.25) is 4.79 Å². The SMILES string of the molecule is NC(=O)c1nc(-c2c(F)cccc2F)sc1-c1cnc2[nH]ccc2c1N1CCC[C@H](N)C1. The number of fused-ring (bicyclic) bond motifs is 1. The molecule has 1 aliphatic heterocycles. The zero-order valence-corrected chi connectivity index (χ0v) is 17.8. The summed E-state index contributed by atoms with van der Waals surface area (Å²) in [5, 5.41) is 0.902. The molecule has 4 aromatic rings. The molecule has 1 aromatic carbocycles. The first-order chi connectivity index (χ1) is 15.4. The summed E-state index contributed by atoms with van der Waals surface area (Å²) in [6, 6.07) is 5.50. The van der Waals surface area contributed by atoms with E-state index in [1.54, 1.807) is 12.4 Å². The maximum absolute atomic E-state index is 14.4. The average molecular weight is 455 g/mol. The van der Waals surface area contributed by atoms with Gasteiger partial charge in [-0.05, 0) is 31.0 Å². The number of carbonyl (C=O) groups is 1. The monoisotopic (exact) mass is 454 g/mol. The Bertz CT molecular complexity index is 1310. The van der Waals surface area contributed by atoms with E-state index in [0.717, 1.165) is 53.9 Å². The summed E-state index contributed by atoms with van der Waals surface area (Å²) < 4.78 is 28.9. The molecule has 164 valence electrons. The smallest absolute Gasteiger partial charge is 0.268 e. The molecule has 5 N–H and O–H groups in total. The maximum atomic E-state index is 14.4. The highest BCUT2D eigenvalue weighted by atomic mass is 32.1. The van der Waals surface area contributed by atoms with E-state index in [1.807, 2.05) is 6.07 Å². The molecule has 0 unspecified atom stereocenters. The molecule has 0 bridgehead atoms. The highest BCUT2D eigenvalue weighted by Crippen LogP contribution is 2.43. The summed E-state index contributed by atoms with van der Waals surface area (Å²) in [5.41, 5.74) is 13.7. The molecule has 3 aromatic heterocycles. The topological polar surface area (TPSA) is 114 Å². The van der Waals surface area contributed by atoms with E-state index in [0.29, 0.717) is 22.6 Å². The van der Waals surface area contributed by atoms with E-state index in [-0.39, 0.29) is 22.3 Å². The lowest BCUT2D eigenvalue weighted by Gasteiger charge is -2.34. The lowest BCUT2D eigenvalue weighted by molar-refractivity contribution is 0.0997. The van der Waals surface area contributed by atoms with Gasteiger partial charge >= 0.3 is 0 Å². The lowest BCUT2D eigenvalue weighted by atomic mass is 10.0. The second kappa shape index (κ2) is 7.95. The maximum Gasteiger partial charge on any atom is 0.268 e. The fourth-order valence-corrected chi connectivity index (χ4v) is 5.32. The predicted octanol–water partition coefficient (Wildman–Crippen LogP) is 3.66. The fourth-order valence-electron chi connectivity index (χ4n) is 4.19. The molecule has 10 heteroatoms. The number of thiazole rings is 1. The van der Waals surface area contributed by atoms with Gasteiger partial charge in [0.2, 0.25) is 0 Å². The van der Waals surface area contributed by atoms with E-state index in [2.05, 4.69) is 19.9 Å². The summed E-state index contributed by atoms with van der Waals surface area (Å²) in [7, 11) is 0. The van der Waals surface area contributed by atoms with Gasteiger partial charge in [0.1, 0.15) is 28.0 Å². The standard InChI is InChI=1S/C22H20F2N6OS/c23-14-4-1-5-15(24)16(14)22-29-17(20(26)31)19(32-22)13-9-28-21-12(6-7-27-21)18(13)30-8-2-3-11(25)10-30/h1,4-7,9,11H,2-3,8,10,25H2,(H2,26,31)(H,27,28)/t11-/m0/s1. The molecular weight excluding hydrogens is 434 g/mol. The Kier molecular flexibility index (Phi) is 5.10. The molecule has 1 fully saturated rings. The molecule has 4 heterocycles. The van der Waals surface area contributed by atoms with Crippen molar-refractivity contribution < 1.29 is 13.6 Å². The molecule has 5 rings (SSSR count). The van der Waals surface area contributed by atoms with Gasteiger partial charge in [0.05, 0.1) is 16.1 Å². The number of aromatic amines is 1. The first-order valence-electron chi connectivity index (χ1n) is 10.2. The zero-order chi connectivity index (χ0) is 22.4. The Labute approximate surface area is 186 Å². The molecule has 0 aliphatic carbocycles. The van der Waals surface area contributed by atoms with Crippen LogP contribution < -0.4 is 16.4 Å². The quantitative estimate of drug-likeness (QED) is 0.436. The van der Waals surface area contributed by atoms with Crippen molar-refractivity contribution in [3.63, 3.8) is 0 Å². The summed E-state index contributed by atoms with van der Waals surface area (Å²) in [5.74, 6) is -2.31. The first-order valence-corrected chi connectivity index (χ1v) is 11.0. The second-order valence-electron chi connectivity index (χ2n) is 7.77. The number of pyridine rings is 1. The molecule has 0 radical (unpaired) electrons. The number of halogens is 2. The van der Waals surface area contributed by atoms with Crippen LogP contribution in [0.25, 0.3) is 32.0 Å². The second-order valence-corrected chi connectivity index (χ2v) is 8.77. The van der Waals surface area contributed by atoms with Crippen LogP contribution in [0.2, 0.25) is 0 Å². The Morgan fingerprint density at radius 1 is 1.25 bits per heavy atom. The molecule has 0 saturated carbocycles. The van der Waals surface area contributed by atoms with Crippen molar-refractivity contribution in [2.45, 2.75) is 18.9 Å². The van der Waals surface area contributed by atoms with Crippen LogP contribution in [-0.2, 0) is 0 Å². The number of nitrogens with zero attached hydrogens (tertiary/aromatic N) is 3. The highest BCUT2D eigenvalue weighted by molar-refractivity contribution is 7.18. The molecule has 1 aliphatic rings. The number of amides is 1. The average Bonchev–Trinajstić information content (AvgIpc) is 3.40. The van der Waals surface area contributed by atoms with Crippen molar-refractivity contribution in [2.75, 3.05) is 18.0 Å². The van der Waals surface area contributed by atoms with Crippen molar-refractivity contribution in [2.24, 2.45) is 11.5 Å². The van der Waals surface area contributed by atoms with Gasteiger partial charge in [-0.25, -0.2) is 18.7 Å². The third kappa shape index (κ3) is 3.41. The van der Waals surface area contributed by atoms with Crippen LogP contribution in [-0.4, -0.2) is 40.0 Å². The lowest BCUT2D eigenvalue weighted by Crippen LogP contribution is -2.43. The van der Waals surface area contributed by atoms with Gasteiger partial charge in [0.25, 0.3) is 5.91 Å². The molecular formula is C22H20F2N6OS. The van der Waals surface area contributed by atoms with E-state index in [4.69, 9.17) is 11.5 Å². The number of carbonyl (C=O) groups excluding carboxylic acids is 1. The highest BCUT2D eigenvalue weighted by Gasteiger charge is 2.28. The number of anilines is 1. The zero-order valence-electron chi connectivity index (χ0n) is 16.9. The molecule has 1 saturated heterocycles. The van der Waals surface area contributed by atoms with Crippen molar-refractivity contribution in [3.8, 4) is 21.0 Å². The van der Waals surface area contributed by atoms with Gasteiger partial charge in [-0.2, -0.15) is 0 Å². The van der Waals surface area contributed by atoms with E-state index >= 15 is 0 Å². The minimum atomic E-state index is -0.783. The van der Waals surface area contributed by atoms with E-state index in [1.165, 1.54) is 6.07 Å². The normalized spacial score (nSPS) is 16.6. The van der Waals surface area contributed by atoms with Crippen LogP contribution in [0.5, 0.6) is 0 Å². The minimum absolute atomic E-state index is 0.0129. The summed E-state index contributed by atoms with van der Waals surface area (Å²) in [4.78, 5) is 26.7. The third-order valence-corrected chi connectivity index (χ3v) is 6.72. The Hall–Kier alpha value is -3.37. The Morgan fingerprint density at radius 3 is 2.75 bits per heavy atom. The predicted molar refractivity (Wildman–Crippen MR) is 120 cm³/mol. The van der Waals surface area contributed by atoms with Gasteiger partial charge < -0.3 is 21.4 Å². The van der Waals surface area contributed by atoms with Crippen LogP contribution in [0, 0.1) is 11.6 Å². The van der Waals surface area contributed by atoms with Crippen LogP contribution in [0.4, 0.5) is 14.5 Å². The molecule has 7 nitrogen and oxygen atoms in total. The number of H-pyrrole nitrogens is 1. The summed E-state index contributed by atoms with van der Waals surface area (Å²) in [6.45, 7) is 1.42. The molecule has 32 heavy (non-hydrogen) atoms. The molecule has 1 atom stereocenters. The largest absolute Gasteiger partial charge is 0.369 e. The van der Waals surface area contributed by atoms with E-state index < -0.39 is 17.5 Å². The Morgan fingerprint density at radius 2 is 2.03 bits per heavy atom. The molecule has 0 spiro atoms. The number of rotatable bonds is 4. The fraction of sp³-hybridized carbons (Fsp3) is 0.227. The van der Waals surface area contributed by atoms with Crippen molar-refractivity contribution in [1.29, 1.82) is 0 Å². The Balaban J connectivity index is 1.75. The summed E-state index contributed by atoms with van der Waals surface area (Å²) in [6.07, 6.45) is 5.27. The minimum Gasteiger partial charge on any atom is -0.369 e. The van der Waals surface area contributed by atoms with Crippen LogP contribution in [0.3, 0.4) is 0 Å². The third-order valence-electron chi connectivity index (χ3n) is 5.61. The number of benzene rings is 1. The van der Waals surface area contributed by atoms with Crippen molar-refractivity contribution in [3.05, 3.63) is 54.0 Å². The van der Waals surface area contributed by atoms with E-state index in [9.17, 15) is 13.6 Å². The van der Waals surface area contributed by atoms with Gasteiger partial charge in [-0.15, -0.1) is 11.3 Å². The van der Waals surface area contributed by atoms with Gasteiger partial charge in [-0.1, -0.05) is 6.07 Å². The van der Waals surface area contributed by atoms with Crippen LogP contribution in [0.15, 0.2) is 36.7 Å². The van der Waals surface area contributed by atoms with Crippen molar-refractivity contribution >= 4 is 34.0 Å². The number of aromatic nitrogens is 3. The van der Waals surface area contributed by atoms with Gasteiger partial charge in [0, 0.05) is 42.5 Å². The van der Waals surface area contributed by atoms with Crippen LogP contribution in [0.1, 0.15) is 23.3 Å². The number of hydrogen-bond acceptors (Lipinski definition) is 6. The number of hydrogen-bond donors (Lipinski definition) is 3.